The third kappa shape index (κ3) is 2.40. The molecule has 2 N–H and O–H groups in total. The van der Waals surface area contributed by atoms with Gasteiger partial charge in [-0.1, -0.05) is 38.4 Å². The largest absolute Gasteiger partial charge is 0.392 e. The maximum absolute atomic E-state index is 12.7. The average Bonchev–Trinajstić information content (AvgIpc) is 2.88. The summed E-state index contributed by atoms with van der Waals surface area (Å²) in [5.74, 6) is 1.00. The van der Waals surface area contributed by atoms with Crippen LogP contribution in [0.5, 0.6) is 0 Å². The van der Waals surface area contributed by atoms with Crippen molar-refractivity contribution in [2.24, 2.45) is 17.1 Å². The zero-order valence-corrected chi connectivity index (χ0v) is 12.1. The number of thiocarbonyl (C=S) groups is 1. The van der Waals surface area contributed by atoms with E-state index in [9.17, 15) is 4.79 Å². The molecule has 1 heterocycles. The molecule has 0 spiro atoms. The number of hydrogen-bond acceptors (Lipinski definition) is 2. The number of amides is 1. The second-order valence-corrected chi connectivity index (χ2v) is 6.24. The van der Waals surface area contributed by atoms with E-state index in [2.05, 4.69) is 6.92 Å². The summed E-state index contributed by atoms with van der Waals surface area (Å²) < 4.78 is 0. The van der Waals surface area contributed by atoms with Gasteiger partial charge in [-0.25, -0.2) is 0 Å². The van der Waals surface area contributed by atoms with Crippen molar-refractivity contribution >= 4 is 23.1 Å². The van der Waals surface area contributed by atoms with E-state index in [0.717, 1.165) is 57.5 Å². The second-order valence-electron chi connectivity index (χ2n) is 5.80. The van der Waals surface area contributed by atoms with Gasteiger partial charge in [0.15, 0.2) is 0 Å². The van der Waals surface area contributed by atoms with Gasteiger partial charge in [-0.3, -0.25) is 4.79 Å². The minimum Gasteiger partial charge on any atom is -0.392 e. The molecule has 1 amide bonds. The number of nitrogens with two attached hydrogens (primary N) is 1. The maximum Gasteiger partial charge on any atom is 0.235 e. The van der Waals surface area contributed by atoms with E-state index in [1.54, 1.807) is 0 Å². The molecule has 1 aliphatic heterocycles. The standard InChI is InChI=1S/C14H24N2OS/c1-2-11-5-9-16(10-6-11)13(17)14(12(15)18)7-3-4-8-14/h11H,2-10H2,1H3,(H2,15,18). The van der Waals surface area contributed by atoms with E-state index in [1.165, 1.54) is 6.42 Å². The van der Waals surface area contributed by atoms with Gasteiger partial charge in [-0.15, -0.1) is 0 Å². The normalized spacial score (nSPS) is 24.2. The topological polar surface area (TPSA) is 46.3 Å². The van der Waals surface area contributed by atoms with Crippen LogP contribution in [0.25, 0.3) is 0 Å². The molecule has 1 saturated heterocycles. The maximum atomic E-state index is 12.7. The van der Waals surface area contributed by atoms with Crippen LogP contribution in [0.1, 0.15) is 51.9 Å². The number of piperidine rings is 1. The first-order valence-electron chi connectivity index (χ1n) is 7.19. The van der Waals surface area contributed by atoms with Crippen LogP contribution in [0.15, 0.2) is 0 Å². The van der Waals surface area contributed by atoms with Crippen molar-refractivity contribution in [2.75, 3.05) is 13.1 Å². The predicted octanol–water partition coefficient (Wildman–Crippen LogP) is 2.48. The third-order valence-electron chi connectivity index (χ3n) is 4.82. The summed E-state index contributed by atoms with van der Waals surface area (Å²) in [6.45, 7) is 4.01. The summed E-state index contributed by atoms with van der Waals surface area (Å²) in [6, 6.07) is 0. The summed E-state index contributed by atoms with van der Waals surface area (Å²) in [6.07, 6.45) is 7.36. The molecular formula is C14H24N2OS. The van der Waals surface area contributed by atoms with Gasteiger partial charge in [0.05, 0.1) is 10.4 Å². The number of rotatable bonds is 3. The summed E-state index contributed by atoms with van der Waals surface area (Å²) in [4.78, 5) is 15.1. The van der Waals surface area contributed by atoms with Crippen molar-refractivity contribution in [1.29, 1.82) is 0 Å². The van der Waals surface area contributed by atoms with Gasteiger partial charge >= 0.3 is 0 Å². The summed E-state index contributed by atoms with van der Waals surface area (Å²) in [7, 11) is 0. The molecule has 2 fully saturated rings. The summed E-state index contributed by atoms with van der Waals surface area (Å²) in [5.41, 5.74) is 5.37. The van der Waals surface area contributed by atoms with E-state index in [0.29, 0.717) is 4.99 Å². The first-order chi connectivity index (χ1) is 8.60. The van der Waals surface area contributed by atoms with Crippen LogP contribution in [0, 0.1) is 11.3 Å². The molecule has 0 aromatic heterocycles. The molecule has 102 valence electrons. The lowest BCUT2D eigenvalue weighted by atomic mass is 9.83. The SMILES string of the molecule is CCC1CCN(C(=O)C2(C(N)=S)CCCC2)CC1. The minimum atomic E-state index is -0.506. The van der Waals surface area contributed by atoms with E-state index in [1.807, 2.05) is 4.90 Å². The Morgan fingerprint density at radius 1 is 1.33 bits per heavy atom. The highest BCUT2D eigenvalue weighted by Gasteiger charge is 2.46. The van der Waals surface area contributed by atoms with E-state index < -0.39 is 5.41 Å². The molecule has 0 aromatic carbocycles. The quantitative estimate of drug-likeness (QED) is 0.800. The van der Waals surface area contributed by atoms with Crippen molar-refractivity contribution in [3.05, 3.63) is 0 Å². The number of hydrogen-bond donors (Lipinski definition) is 1. The van der Waals surface area contributed by atoms with Crippen molar-refractivity contribution in [2.45, 2.75) is 51.9 Å². The lowest BCUT2D eigenvalue weighted by Gasteiger charge is -2.37. The van der Waals surface area contributed by atoms with Crippen molar-refractivity contribution < 1.29 is 4.79 Å². The molecule has 0 radical (unpaired) electrons. The molecule has 4 heteroatoms. The molecule has 3 nitrogen and oxygen atoms in total. The van der Waals surface area contributed by atoms with Gasteiger partial charge in [0, 0.05) is 13.1 Å². The number of carbonyl (C=O) groups excluding carboxylic acids is 1. The lowest BCUT2D eigenvalue weighted by Crippen LogP contribution is -2.51. The number of carbonyl (C=O) groups is 1. The van der Waals surface area contributed by atoms with Crippen LogP contribution in [-0.4, -0.2) is 28.9 Å². The Labute approximate surface area is 115 Å². The van der Waals surface area contributed by atoms with Crippen LogP contribution in [0.4, 0.5) is 0 Å². The fraction of sp³-hybridized carbons (Fsp3) is 0.857. The van der Waals surface area contributed by atoms with Crippen LogP contribution >= 0.6 is 12.2 Å². The van der Waals surface area contributed by atoms with Crippen molar-refractivity contribution in [3.8, 4) is 0 Å². The molecule has 0 bridgehead atoms. The smallest absolute Gasteiger partial charge is 0.235 e. The van der Waals surface area contributed by atoms with Gasteiger partial charge in [-0.2, -0.15) is 0 Å². The molecular weight excluding hydrogens is 244 g/mol. The fourth-order valence-corrected chi connectivity index (χ4v) is 3.68. The van der Waals surface area contributed by atoms with Crippen LogP contribution in [0.2, 0.25) is 0 Å². The Morgan fingerprint density at radius 2 is 1.89 bits per heavy atom. The zero-order chi connectivity index (χ0) is 13.2. The highest BCUT2D eigenvalue weighted by atomic mass is 32.1. The van der Waals surface area contributed by atoms with Crippen LogP contribution < -0.4 is 5.73 Å². The minimum absolute atomic E-state index is 0.210. The molecule has 2 rings (SSSR count). The second kappa shape index (κ2) is 5.55. The van der Waals surface area contributed by atoms with Crippen molar-refractivity contribution in [1.82, 2.24) is 4.90 Å². The molecule has 0 atom stereocenters. The van der Waals surface area contributed by atoms with Gasteiger partial charge in [0.1, 0.15) is 0 Å². The Balaban J connectivity index is 2.04. The number of nitrogens with zero attached hydrogens (tertiary/aromatic N) is 1. The van der Waals surface area contributed by atoms with Crippen LogP contribution in [0.3, 0.4) is 0 Å². The lowest BCUT2D eigenvalue weighted by molar-refractivity contribution is -0.139. The Bertz CT molecular complexity index is 329. The van der Waals surface area contributed by atoms with Gasteiger partial charge in [0.2, 0.25) is 5.91 Å². The van der Waals surface area contributed by atoms with Gasteiger partial charge in [-0.05, 0) is 31.6 Å². The molecule has 0 aromatic rings. The Morgan fingerprint density at radius 3 is 2.33 bits per heavy atom. The monoisotopic (exact) mass is 268 g/mol. The molecule has 0 unspecified atom stereocenters. The highest BCUT2D eigenvalue weighted by molar-refractivity contribution is 7.80. The zero-order valence-electron chi connectivity index (χ0n) is 11.3. The Hall–Kier alpha value is -0.640. The average molecular weight is 268 g/mol. The Kier molecular flexibility index (Phi) is 4.25. The summed E-state index contributed by atoms with van der Waals surface area (Å²) in [5, 5.41) is 0. The molecule has 1 aliphatic carbocycles. The summed E-state index contributed by atoms with van der Waals surface area (Å²) >= 11 is 5.19. The first kappa shape index (κ1) is 13.8. The van der Waals surface area contributed by atoms with E-state index >= 15 is 0 Å². The molecule has 18 heavy (non-hydrogen) atoms. The molecule has 2 aliphatic rings. The first-order valence-corrected chi connectivity index (χ1v) is 7.60. The predicted molar refractivity (Wildman–Crippen MR) is 77.3 cm³/mol. The third-order valence-corrected chi connectivity index (χ3v) is 5.21. The van der Waals surface area contributed by atoms with E-state index in [4.69, 9.17) is 18.0 Å². The van der Waals surface area contributed by atoms with E-state index in [-0.39, 0.29) is 5.91 Å². The fourth-order valence-electron chi connectivity index (χ4n) is 3.39. The van der Waals surface area contributed by atoms with Crippen molar-refractivity contribution in [3.63, 3.8) is 0 Å². The number of likely N-dealkylation sites (tertiary alicyclic amines) is 1. The van der Waals surface area contributed by atoms with Gasteiger partial charge in [0.25, 0.3) is 0 Å². The highest BCUT2D eigenvalue weighted by Crippen LogP contribution is 2.40. The molecule has 1 saturated carbocycles. The van der Waals surface area contributed by atoms with Gasteiger partial charge < -0.3 is 10.6 Å². The van der Waals surface area contributed by atoms with Crippen LogP contribution in [-0.2, 0) is 4.79 Å².